The van der Waals surface area contributed by atoms with Crippen LogP contribution in [0.2, 0.25) is 0 Å². The largest absolute Gasteiger partial charge is 0.310 e. The van der Waals surface area contributed by atoms with Crippen molar-refractivity contribution < 1.29 is 0 Å². The quantitative estimate of drug-likeness (QED) is 0.155. The molecule has 12 aromatic rings. The van der Waals surface area contributed by atoms with E-state index in [9.17, 15) is 0 Å². The zero-order valence-electron chi connectivity index (χ0n) is 32.1. The van der Waals surface area contributed by atoms with E-state index in [1.807, 2.05) is 11.3 Å². The summed E-state index contributed by atoms with van der Waals surface area (Å²) in [6, 6.07) is 80.1. The maximum Gasteiger partial charge on any atom is 0.0482 e. The molecule has 0 aliphatic carbocycles. The normalized spacial score (nSPS) is 11.7. The number of benzene rings is 11. The molecule has 0 aliphatic heterocycles. The maximum absolute atomic E-state index is 2.43. The number of hydrogen-bond donors (Lipinski definition) is 0. The highest BCUT2D eigenvalue weighted by molar-refractivity contribution is 7.27. The highest BCUT2D eigenvalue weighted by Gasteiger charge is 2.21. The van der Waals surface area contributed by atoms with E-state index in [-0.39, 0.29) is 0 Å². The van der Waals surface area contributed by atoms with Crippen molar-refractivity contribution in [3.8, 4) is 0 Å². The van der Waals surface area contributed by atoms with Crippen LogP contribution in [0.5, 0.6) is 0 Å². The fourth-order valence-corrected chi connectivity index (χ4v) is 10.4. The average Bonchev–Trinajstić information content (AvgIpc) is 3.70. The van der Waals surface area contributed by atoms with Gasteiger partial charge in [-0.25, -0.2) is 0 Å². The molecule has 1 heterocycles. The highest BCUT2D eigenvalue weighted by atomic mass is 32.1. The first-order valence-corrected chi connectivity index (χ1v) is 21.0. The summed E-state index contributed by atoms with van der Waals surface area (Å²) < 4.78 is 2.64. The molecule has 12 rings (SSSR count). The molecule has 3 heteroatoms. The molecule has 2 nitrogen and oxygen atoms in total. The van der Waals surface area contributed by atoms with Gasteiger partial charge in [-0.1, -0.05) is 146 Å². The predicted molar refractivity (Wildman–Crippen MR) is 256 cm³/mol. The van der Waals surface area contributed by atoms with Crippen molar-refractivity contribution in [2.75, 3.05) is 9.80 Å². The Labute approximate surface area is 346 Å². The van der Waals surface area contributed by atoms with E-state index in [2.05, 4.69) is 228 Å². The van der Waals surface area contributed by atoms with Crippen LogP contribution in [0.3, 0.4) is 0 Å². The van der Waals surface area contributed by atoms with Crippen molar-refractivity contribution in [1.82, 2.24) is 0 Å². The van der Waals surface area contributed by atoms with E-state index in [1.54, 1.807) is 0 Å². The molecule has 59 heavy (non-hydrogen) atoms. The van der Waals surface area contributed by atoms with E-state index in [0.717, 1.165) is 34.1 Å². The van der Waals surface area contributed by atoms with E-state index >= 15 is 0 Å². The van der Waals surface area contributed by atoms with Crippen LogP contribution in [-0.4, -0.2) is 0 Å². The summed E-state index contributed by atoms with van der Waals surface area (Å²) in [6.07, 6.45) is 0. The number of anilines is 6. The Hall–Kier alpha value is -7.46. The summed E-state index contributed by atoms with van der Waals surface area (Å²) in [7, 11) is 0. The monoisotopic (exact) mass is 768 g/mol. The Bertz CT molecular complexity index is 3520. The van der Waals surface area contributed by atoms with E-state index in [4.69, 9.17) is 0 Å². The molecule has 0 N–H and O–H groups in total. The van der Waals surface area contributed by atoms with Gasteiger partial charge in [-0.15, -0.1) is 11.3 Å². The molecule has 0 unspecified atom stereocenters. The average molecular weight is 769 g/mol. The van der Waals surface area contributed by atoms with Crippen molar-refractivity contribution in [2.24, 2.45) is 0 Å². The molecule has 0 fully saturated rings. The van der Waals surface area contributed by atoms with Gasteiger partial charge in [0.25, 0.3) is 0 Å². The summed E-state index contributed by atoms with van der Waals surface area (Å²) in [5, 5.41) is 15.1. The summed E-state index contributed by atoms with van der Waals surface area (Å²) in [5.74, 6) is 0. The topological polar surface area (TPSA) is 6.48 Å². The molecule has 0 atom stereocenters. The van der Waals surface area contributed by atoms with Gasteiger partial charge in [0, 0.05) is 59.7 Å². The van der Waals surface area contributed by atoms with E-state index in [0.29, 0.717) is 0 Å². The van der Waals surface area contributed by atoms with E-state index < -0.39 is 0 Å². The molecule has 0 saturated heterocycles. The summed E-state index contributed by atoms with van der Waals surface area (Å²) in [6.45, 7) is 0. The van der Waals surface area contributed by atoms with Crippen molar-refractivity contribution in [3.05, 3.63) is 218 Å². The minimum Gasteiger partial charge on any atom is -0.310 e. The van der Waals surface area contributed by atoms with Gasteiger partial charge >= 0.3 is 0 Å². The Kier molecular flexibility index (Phi) is 7.75. The van der Waals surface area contributed by atoms with Crippen LogP contribution < -0.4 is 9.80 Å². The second kappa shape index (κ2) is 13.6. The fraction of sp³-hybridized carbons (Fsp3) is 0. The third-order valence-corrected chi connectivity index (χ3v) is 13.1. The first-order chi connectivity index (χ1) is 29.2. The third-order valence-electron chi connectivity index (χ3n) is 11.9. The van der Waals surface area contributed by atoms with Gasteiger partial charge in [0.05, 0.1) is 0 Å². The summed E-state index contributed by atoms with van der Waals surface area (Å²) in [5.41, 5.74) is 6.60. The van der Waals surface area contributed by atoms with Crippen LogP contribution in [0, 0.1) is 0 Å². The molecule has 0 radical (unpaired) electrons. The fourth-order valence-electron chi connectivity index (χ4n) is 9.15. The number of nitrogens with zero attached hydrogens (tertiary/aromatic N) is 2. The first-order valence-electron chi connectivity index (χ1n) is 20.2. The Morgan fingerprint density at radius 2 is 0.661 bits per heavy atom. The molecule has 0 amide bonds. The number of rotatable bonds is 6. The van der Waals surface area contributed by atoms with Crippen LogP contribution in [0.15, 0.2) is 218 Å². The number of fused-ring (bicyclic) bond motifs is 11. The van der Waals surface area contributed by atoms with Crippen molar-refractivity contribution in [2.45, 2.75) is 0 Å². The van der Waals surface area contributed by atoms with E-state index in [1.165, 1.54) is 74.0 Å². The minimum atomic E-state index is 1.08. The molecule has 0 saturated carbocycles. The molecule has 0 bridgehead atoms. The lowest BCUT2D eigenvalue weighted by molar-refractivity contribution is 1.26. The smallest absolute Gasteiger partial charge is 0.0482 e. The van der Waals surface area contributed by atoms with Crippen molar-refractivity contribution in [3.63, 3.8) is 0 Å². The van der Waals surface area contributed by atoms with Gasteiger partial charge in [-0.2, -0.15) is 0 Å². The standard InChI is InChI=1S/C56H36N2S/c1-4-15-40-32-45(27-24-37(40)12-1)57(46-28-25-38-13-2-5-16-41(38)33-46)43-18-11-19-44(35-43)58(47-29-26-39-14-3-6-17-42(39)34-47)48-30-31-50-49-20-7-8-21-51(49)55-52-22-9-10-23-54(52)59-56(55)53(50)36-48/h1-36H. The predicted octanol–water partition coefficient (Wildman–Crippen LogP) is 16.8. The Morgan fingerprint density at radius 3 is 1.22 bits per heavy atom. The lowest BCUT2D eigenvalue weighted by Gasteiger charge is -2.30. The Morgan fingerprint density at radius 1 is 0.254 bits per heavy atom. The lowest BCUT2D eigenvalue weighted by Crippen LogP contribution is -2.13. The minimum absolute atomic E-state index is 1.08. The summed E-state index contributed by atoms with van der Waals surface area (Å²) >= 11 is 1.90. The third kappa shape index (κ3) is 5.62. The molecular formula is C56H36N2S. The molecule has 0 spiro atoms. The zero-order valence-corrected chi connectivity index (χ0v) is 32.9. The van der Waals surface area contributed by atoms with Gasteiger partial charge in [0.1, 0.15) is 0 Å². The number of hydrogen-bond acceptors (Lipinski definition) is 3. The number of thiophene rings is 1. The second-order valence-electron chi connectivity index (χ2n) is 15.4. The van der Waals surface area contributed by atoms with Crippen LogP contribution in [0.25, 0.3) is 74.0 Å². The van der Waals surface area contributed by atoms with Crippen LogP contribution >= 0.6 is 11.3 Å². The SMILES string of the molecule is c1cc(N(c2ccc3ccccc3c2)c2ccc3ccccc3c2)cc(N(c2ccc3ccccc3c2)c2ccc3c4ccccc4c4c5ccccc5sc4c3c2)c1. The van der Waals surface area contributed by atoms with Gasteiger partial charge in [-0.3, -0.25) is 0 Å². The van der Waals surface area contributed by atoms with Crippen LogP contribution in [0.4, 0.5) is 34.1 Å². The van der Waals surface area contributed by atoms with Gasteiger partial charge in [0.15, 0.2) is 0 Å². The molecule has 1 aromatic heterocycles. The van der Waals surface area contributed by atoms with Crippen LogP contribution in [-0.2, 0) is 0 Å². The van der Waals surface area contributed by atoms with Gasteiger partial charge in [0.2, 0.25) is 0 Å². The van der Waals surface area contributed by atoms with Crippen molar-refractivity contribution in [1.29, 1.82) is 0 Å². The first kappa shape index (κ1) is 33.7. The highest BCUT2D eigenvalue weighted by Crippen LogP contribution is 2.47. The lowest BCUT2D eigenvalue weighted by atomic mass is 9.96. The molecule has 0 aliphatic rings. The second-order valence-corrected chi connectivity index (χ2v) is 16.4. The Balaban J connectivity index is 1.10. The van der Waals surface area contributed by atoms with Crippen LogP contribution in [0.1, 0.15) is 0 Å². The maximum atomic E-state index is 2.43. The van der Waals surface area contributed by atoms with Gasteiger partial charge in [-0.05, 0) is 121 Å². The van der Waals surface area contributed by atoms with Gasteiger partial charge < -0.3 is 9.80 Å². The zero-order chi connectivity index (χ0) is 38.9. The molecule has 276 valence electrons. The summed E-state index contributed by atoms with van der Waals surface area (Å²) in [4.78, 5) is 4.83. The molecular weight excluding hydrogens is 733 g/mol. The molecule has 11 aromatic carbocycles. The van der Waals surface area contributed by atoms with Crippen molar-refractivity contribution >= 4 is 119 Å².